The van der Waals surface area contributed by atoms with E-state index >= 15 is 0 Å². The SMILES string of the molecule is CCC(C)(O)CSCC(O)CO. The smallest absolute Gasteiger partial charge is 0.0861 e. The Kier molecular flexibility index (Phi) is 5.92. The van der Waals surface area contributed by atoms with Crippen LogP contribution in [0.1, 0.15) is 20.3 Å². The van der Waals surface area contributed by atoms with Gasteiger partial charge in [-0.05, 0) is 13.3 Å². The van der Waals surface area contributed by atoms with Crippen molar-refractivity contribution in [2.75, 3.05) is 18.1 Å². The second kappa shape index (κ2) is 5.80. The summed E-state index contributed by atoms with van der Waals surface area (Å²) in [5.74, 6) is 1.08. The zero-order valence-corrected chi connectivity index (χ0v) is 8.47. The van der Waals surface area contributed by atoms with Gasteiger partial charge in [0.1, 0.15) is 0 Å². The maximum Gasteiger partial charge on any atom is 0.0861 e. The van der Waals surface area contributed by atoms with Gasteiger partial charge in [0.15, 0.2) is 0 Å². The number of rotatable bonds is 6. The van der Waals surface area contributed by atoms with Crippen molar-refractivity contribution in [3.8, 4) is 0 Å². The predicted molar refractivity (Wildman–Crippen MR) is 51.3 cm³/mol. The van der Waals surface area contributed by atoms with E-state index in [1.54, 1.807) is 6.92 Å². The molecule has 4 heteroatoms. The average Bonchev–Trinajstić information content (AvgIpc) is 2.04. The average molecular weight is 194 g/mol. The van der Waals surface area contributed by atoms with Crippen LogP contribution in [0.15, 0.2) is 0 Å². The van der Waals surface area contributed by atoms with Crippen LogP contribution in [0.5, 0.6) is 0 Å². The Morgan fingerprint density at radius 3 is 2.50 bits per heavy atom. The van der Waals surface area contributed by atoms with Crippen LogP contribution in [0.3, 0.4) is 0 Å². The van der Waals surface area contributed by atoms with E-state index in [2.05, 4.69) is 0 Å². The first-order valence-electron chi connectivity index (χ1n) is 4.11. The summed E-state index contributed by atoms with van der Waals surface area (Å²) in [7, 11) is 0. The summed E-state index contributed by atoms with van der Waals surface area (Å²) in [6.45, 7) is 3.48. The van der Waals surface area contributed by atoms with E-state index < -0.39 is 11.7 Å². The predicted octanol–water partition coefficient (Wildman–Crippen LogP) is 0.234. The van der Waals surface area contributed by atoms with Crippen molar-refractivity contribution in [2.24, 2.45) is 0 Å². The van der Waals surface area contributed by atoms with E-state index in [1.165, 1.54) is 11.8 Å². The third-order valence-electron chi connectivity index (χ3n) is 1.70. The lowest BCUT2D eigenvalue weighted by molar-refractivity contribution is 0.0809. The molecule has 0 amide bonds. The number of aliphatic hydroxyl groups excluding tert-OH is 2. The molecule has 74 valence electrons. The first-order chi connectivity index (χ1) is 5.52. The molecule has 2 unspecified atom stereocenters. The van der Waals surface area contributed by atoms with Crippen molar-refractivity contribution < 1.29 is 15.3 Å². The minimum atomic E-state index is -0.664. The number of thioether (sulfide) groups is 1. The summed E-state index contributed by atoms with van der Waals surface area (Å²) < 4.78 is 0. The van der Waals surface area contributed by atoms with E-state index in [0.29, 0.717) is 17.9 Å². The Balaban J connectivity index is 3.42. The fourth-order valence-corrected chi connectivity index (χ4v) is 1.71. The van der Waals surface area contributed by atoms with Crippen molar-refractivity contribution in [1.82, 2.24) is 0 Å². The summed E-state index contributed by atoms with van der Waals surface area (Å²) >= 11 is 1.46. The van der Waals surface area contributed by atoms with Crippen LogP contribution in [0.25, 0.3) is 0 Å². The molecule has 0 saturated carbocycles. The third-order valence-corrected chi connectivity index (χ3v) is 3.14. The number of hydrogen-bond donors (Lipinski definition) is 3. The molecule has 0 spiro atoms. The molecule has 2 atom stereocenters. The molecule has 0 aliphatic rings. The molecule has 0 radical (unpaired) electrons. The molecule has 3 N–H and O–H groups in total. The zero-order chi connectivity index (χ0) is 9.61. The summed E-state index contributed by atoms with van der Waals surface area (Å²) in [6.07, 6.45) is 0.0394. The van der Waals surface area contributed by atoms with Gasteiger partial charge in [0, 0.05) is 11.5 Å². The van der Waals surface area contributed by atoms with E-state index in [0.717, 1.165) is 0 Å². The molecule has 3 nitrogen and oxygen atoms in total. The maximum atomic E-state index is 9.54. The van der Waals surface area contributed by atoms with E-state index in [9.17, 15) is 5.11 Å². The highest BCUT2D eigenvalue weighted by molar-refractivity contribution is 7.99. The molecule has 0 saturated heterocycles. The van der Waals surface area contributed by atoms with Crippen LogP contribution in [-0.2, 0) is 0 Å². The van der Waals surface area contributed by atoms with Crippen molar-refractivity contribution >= 4 is 11.8 Å². The standard InChI is InChI=1S/C8H18O3S/c1-3-8(2,11)6-12-5-7(10)4-9/h7,9-11H,3-6H2,1-2H3. The quantitative estimate of drug-likeness (QED) is 0.566. The molecule has 0 fully saturated rings. The highest BCUT2D eigenvalue weighted by Gasteiger charge is 2.17. The zero-order valence-electron chi connectivity index (χ0n) is 7.66. The van der Waals surface area contributed by atoms with Crippen molar-refractivity contribution in [3.63, 3.8) is 0 Å². The van der Waals surface area contributed by atoms with Gasteiger partial charge in [-0.3, -0.25) is 0 Å². The highest BCUT2D eigenvalue weighted by Crippen LogP contribution is 2.16. The normalized spacial score (nSPS) is 18.8. The summed E-state index contributed by atoms with van der Waals surface area (Å²) in [5, 5.41) is 27.0. The van der Waals surface area contributed by atoms with Crippen LogP contribution in [0, 0.1) is 0 Å². The lowest BCUT2D eigenvalue weighted by atomic mass is 10.1. The van der Waals surface area contributed by atoms with Crippen LogP contribution in [0.2, 0.25) is 0 Å². The minimum Gasteiger partial charge on any atom is -0.394 e. The largest absolute Gasteiger partial charge is 0.394 e. The summed E-state index contributed by atoms with van der Waals surface area (Å²) in [4.78, 5) is 0. The fraction of sp³-hybridized carbons (Fsp3) is 1.00. The minimum absolute atomic E-state index is 0.207. The van der Waals surface area contributed by atoms with Gasteiger partial charge in [-0.2, -0.15) is 11.8 Å². The Morgan fingerprint density at radius 2 is 2.08 bits per heavy atom. The second-order valence-corrected chi connectivity index (χ2v) is 4.23. The summed E-state index contributed by atoms with van der Waals surface area (Å²) in [6, 6.07) is 0. The van der Waals surface area contributed by atoms with Crippen LogP contribution < -0.4 is 0 Å². The Labute approximate surface area is 77.8 Å². The molecular weight excluding hydrogens is 176 g/mol. The molecule has 0 aromatic rings. The van der Waals surface area contributed by atoms with Gasteiger partial charge in [-0.15, -0.1) is 0 Å². The topological polar surface area (TPSA) is 60.7 Å². The van der Waals surface area contributed by atoms with Crippen molar-refractivity contribution in [2.45, 2.75) is 32.0 Å². The monoisotopic (exact) mass is 194 g/mol. The van der Waals surface area contributed by atoms with Crippen LogP contribution in [-0.4, -0.2) is 45.1 Å². The van der Waals surface area contributed by atoms with E-state index in [4.69, 9.17) is 10.2 Å². The Morgan fingerprint density at radius 1 is 1.50 bits per heavy atom. The Bertz CT molecular complexity index is 117. The number of hydrogen-bond acceptors (Lipinski definition) is 4. The van der Waals surface area contributed by atoms with Gasteiger partial charge in [-0.25, -0.2) is 0 Å². The molecule has 0 heterocycles. The maximum absolute atomic E-state index is 9.54. The van der Waals surface area contributed by atoms with Gasteiger partial charge >= 0.3 is 0 Å². The van der Waals surface area contributed by atoms with Gasteiger partial charge in [0.25, 0.3) is 0 Å². The fourth-order valence-electron chi connectivity index (χ4n) is 0.570. The van der Waals surface area contributed by atoms with Gasteiger partial charge in [0.05, 0.1) is 18.3 Å². The number of aliphatic hydroxyl groups is 3. The van der Waals surface area contributed by atoms with E-state index in [1.807, 2.05) is 6.92 Å². The molecule has 0 aromatic carbocycles. The first kappa shape index (κ1) is 12.2. The molecule has 12 heavy (non-hydrogen) atoms. The Hall–Kier alpha value is 0.230. The molecule has 0 aliphatic carbocycles. The first-order valence-corrected chi connectivity index (χ1v) is 5.26. The van der Waals surface area contributed by atoms with E-state index in [-0.39, 0.29) is 6.61 Å². The highest BCUT2D eigenvalue weighted by atomic mass is 32.2. The van der Waals surface area contributed by atoms with Crippen molar-refractivity contribution in [3.05, 3.63) is 0 Å². The summed E-state index contributed by atoms with van der Waals surface area (Å²) in [5.41, 5.74) is -0.653. The van der Waals surface area contributed by atoms with Gasteiger partial charge in [-0.1, -0.05) is 6.92 Å². The van der Waals surface area contributed by atoms with Gasteiger partial charge in [0.2, 0.25) is 0 Å². The molecule has 0 aromatic heterocycles. The lowest BCUT2D eigenvalue weighted by Crippen LogP contribution is -2.27. The lowest BCUT2D eigenvalue weighted by Gasteiger charge is -2.20. The van der Waals surface area contributed by atoms with Gasteiger partial charge < -0.3 is 15.3 Å². The molecule has 0 rings (SSSR count). The molecule has 0 aliphatic heterocycles. The van der Waals surface area contributed by atoms with Crippen molar-refractivity contribution in [1.29, 1.82) is 0 Å². The third kappa shape index (κ3) is 5.83. The molecular formula is C8H18O3S. The molecule has 0 bridgehead atoms. The van der Waals surface area contributed by atoms with Crippen LogP contribution >= 0.6 is 11.8 Å². The van der Waals surface area contributed by atoms with Crippen LogP contribution in [0.4, 0.5) is 0 Å². The second-order valence-electron chi connectivity index (χ2n) is 3.20.